The second-order valence-corrected chi connectivity index (χ2v) is 7.20. The molecule has 2 atom stereocenters. The first-order valence-electron chi connectivity index (χ1n) is 6.90. The molecule has 12 heteroatoms. The largest absolute Gasteiger partial charge is 1.00 e. The molecule has 1 aromatic rings. The number of fused-ring (bicyclic) bond motifs is 1. The van der Waals surface area contributed by atoms with Crippen LogP contribution in [0, 0.1) is 0 Å². The van der Waals surface area contributed by atoms with Crippen molar-refractivity contribution in [3.63, 3.8) is 0 Å². The number of nitrogens with two attached hydrogens (primary N) is 1. The molecule has 128 valence electrons. The Labute approximate surface area is 172 Å². The number of anilines is 1. The third-order valence-corrected chi connectivity index (χ3v) is 5.72. The monoisotopic (exact) mass is 392 g/mol. The standard InChI is InChI=1S/C13H14N4O5S2.Na/c14-13-15-6(4-24-13)1-7(19)16-8-10(20)17-9(12(21)22)5(2-18)3-23-11(8)17;/h4,8,11,18H,1-3H2,(H2,14,15)(H,16,19)(H,21,22);/q;+1/p-1/t8-,11+;/m1./s1. The Morgan fingerprint density at radius 2 is 2.24 bits per heavy atom. The second-order valence-electron chi connectivity index (χ2n) is 5.21. The molecule has 0 aromatic carbocycles. The van der Waals surface area contributed by atoms with Crippen molar-refractivity contribution in [2.45, 2.75) is 17.8 Å². The number of carbonyl (C=O) groups is 3. The van der Waals surface area contributed by atoms with E-state index in [-0.39, 0.29) is 53.0 Å². The van der Waals surface area contributed by atoms with Crippen molar-refractivity contribution in [1.82, 2.24) is 15.2 Å². The number of nitrogen functional groups attached to an aromatic ring is 1. The zero-order chi connectivity index (χ0) is 17.4. The molecule has 2 amide bonds. The zero-order valence-electron chi connectivity index (χ0n) is 13.2. The second kappa shape index (κ2) is 8.06. The Morgan fingerprint density at radius 3 is 2.80 bits per heavy atom. The Balaban J connectivity index is 0.00000225. The van der Waals surface area contributed by atoms with Gasteiger partial charge in [0.25, 0.3) is 5.91 Å². The summed E-state index contributed by atoms with van der Waals surface area (Å²) in [5.74, 6) is -2.20. The molecule has 0 bridgehead atoms. The minimum atomic E-state index is -1.51. The van der Waals surface area contributed by atoms with Crippen LogP contribution in [-0.2, 0) is 20.8 Å². The summed E-state index contributed by atoms with van der Waals surface area (Å²) in [4.78, 5) is 40.5. The van der Waals surface area contributed by atoms with Gasteiger partial charge in [0.05, 0.1) is 30.4 Å². The van der Waals surface area contributed by atoms with Gasteiger partial charge < -0.3 is 26.1 Å². The molecule has 2 aliphatic rings. The number of thiazole rings is 1. The van der Waals surface area contributed by atoms with Gasteiger partial charge in [0.15, 0.2) is 5.13 Å². The van der Waals surface area contributed by atoms with Crippen molar-refractivity contribution in [2.24, 2.45) is 0 Å². The van der Waals surface area contributed by atoms with Crippen LogP contribution in [0.4, 0.5) is 5.13 Å². The molecule has 3 rings (SSSR count). The number of carbonyl (C=O) groups excluding carboxylic acids is 3. The van der Waals surface area contributed by atoms with Gasteiger partial charge in [0, 0.05) is 11.1 Å². The molecule has 0 saturated carbocycles. The smallest absolute Gasteiger partial charge is 0.543 e. The first-order chi connectivity index (χ1) is 11.4. The molecule has 9 nitrogen and oxygen atoms in total. The van der Waals surface area contributed by atoms with Crippen molar-refractivity contribution in [3.05, 3.63) is 22.3 Å². The topological polar surface area (TPSA) is 149 Å². The minimum Gasteiger partial charge on any atom is -0.543 e. The summed E-state index contributed by atoms with van der Waals surface area (Å²) in [7, 11) is 0. The number of hydrogen-bond donors (Lipinski definition) is 3. The van der Waals surface area contributed by atoms with E-state index in [9.17, 15) is 24.6 Å². The number of carboxylic acid groups (broad SMARTS) is 1. The summed E-state index contributed by atoms with van der Waals surface area (Å²) < 4.78 is 0. The molecule has 1 aromatic heterocycles. The van der Waals surface area contributed by atoms with Crippen molar-refractivity contribution in [2.75, 3.05) is 18.1 Å². The molecule has 1 fully saturated rings. The van der Waals surface area contributed by atoms with Crippen molar-refractivity contribution in [1.29, 1.82) is 0 Å². The quantitative estimate of drug-likeness (QED) is 0.332. The van der Waals surface area contributed by atoms with Crippen LogP contribution in [0.3, 0.4) is 0 Å². The van der Waals surface area contributed by atoms with Crippen molar-refractivity contribution >= 4 is 46.0 Å². The van der Waals surface area contributed by atoms with E-state index < -0.39 is 35.8 Å². The summed E-state index contributed by atoms with van der Waals surface area (Å²) >= 11 is 2.49. The molecule has 1 saturated heterocycles. The van der Waals surface area contributed by atoms with E-state index >= 15 is 0 Å². The number of aliphatic hydroxyl groups is 1. The Bertz CT molecular complexity index is 753. The average molecular weight is 392 g/mol. The number of hydrogen-bond acceptors (Lipinski definition) is 9. The number of carboxylic acids is 1. The third-order valence-electron chi connectivity index (χ3n) is 3.66. The molecule has 0 aliphatic carbocycles. The van der Waals surface area contributed by atoms with Gasteiger partial charge >= 0.3 is 29.6 Å². The number of aliphatic carboxylic acids is 1. The number of nitrogens with one attached hydrogen (secondary N) is 1. The van der Waals surface area contributed by atoms with Crippen LogP contribution < -0.4 is 45.7 Å². The number of rotatable bonds is 5. The maximum atomic E-state index is 12.2. The van der Waals surface area contributed by atoms with Crippen LogP contribution in [0.5, 0.6) is 0 Å². The van der Waals surface area contributed by atoms with Gasteiger partial charge in [-0.2, -0.15) is 0 Å². The summed E-state index contributed by atoms with van der Waals surface area (Å²) in [6, 6.07) is -0.812. The number of nitrogens with zero attached hydrogens (tertiary/aromatic N) is 2. The van der Waals surface area contributed by atoms with E-state index in [1.807, 2.05) is 0 Å². The van der Waals surface area contributed by atoms with E-state index in [0.29, 0.717) is 10.8 Å². The first kappa shape index (κ1) is 20.2. The van der Waals surface area contributed by atoms with Crippen molar-refractivity contribution in [3.8, 4) is 0 Å². The van der Waals surface area contributed by atoms with Gasteiger partial charge in [0.2, 0.25) is 5.91 Å². The Kier molecular flexibility index (Phi) is 6.51. The predicted molar refractivity (Wildman–Crippen MR) is 84.4 cm³/mol. The van der Waals surface area contributed by atoms with Gasteiger partial charge in [-0.05, 0) is 5.57 Å². The van der Waals surface area contributed by atoms with Crippen LogP contribution in [-0.4, -0.2) is 56.5 Å². The van der Waals surface area contributed by atoms with Crippen LogP contribution in [0.2, 0.25) is 0 Å². The number of β-lactam (4-membered cyclic amide) rings is 1. The summed E-state index contributed by atoms with van der Waals surface area (Å²) in [6.45, 7) is -0.463. The van der Waals surface area contributed by atoms with Gasteiger partial charge in [-0.1, -0.05) is 0 Å². The maximum Gasteiger partial charge on any atom is 1.00 e. The molecule has 2 aliphatic heterocycles. The van der Waals surface area contributed by atoms with Gasteiger partial charge in [-0.3, -0.25) is 14.5 Å². The SMILES string of the molecule is Nc1nc(CC(=O)N[C@@H]2C(=O)N3C(C(=O)[O-])=C(CO)CS[C@@H]23)cs1.[Na+]. The summed E-state index contributed by atoms with van der Waals surface area (Å²) in [6.07, 6.45) is -0.0139. The molecule has 0 unspecified atom stereocenters. The van der Waals surface area contributed by atoms with Crippen LogP contribution in [0.15, 0.2) is 16.7 Å². The van der Waals surface area contributed by atoms with Gasteiger partial charge in [-0.15, -0.1) is 23.1 Å². The predicted octanol–water partition coefficient (Wildman–Crippen LogP) is -5.33. The van der Waals surface area contributed by atoms with Crippen LogP contribution in [0.25, 0.3) is 0 Å². The summed E-state index contributed by atoms with van der Waals surface area (Å²) in [5.41, 5.74) is 5.93. The Hall–Kier alpha value is -1.11. The molecule has 0 spiro atoms. The molecule has 0 radical (unpaired) electrons. The number of thioether (sulfide) groups is 1. The number of aromatic nitrogens is 1. The van der Waals surface area contributed by atoms with E-state index in [0.717, 1.165) is 4.90 Å². The molecular formula is C13H13N4NaO5S2. The maximum absolute atomic E-state index is 12.2. The van der Waals surface area contributed by atoms with E-state index in [1.54, 1.807) is 5.38 Å². The number of aliphatic hydroxyl groups excluding tert-OH is 1. The van der Waals surface area contributed by atoms with E-state index in [4.69, 9.17) is 5.73 Å². The van der Waals surface area contributed by atoms with E-state index in [1.165, 1.54) is 23.1 Å². The van der Waals surface area contributed by atoms with Gasteiger partial charge in [-0.25, -0.2) is 4.98 Å². The fraction of sp³-hybridized carbons (Fsp3) is 0.385. The van der Waals surface area contributed by atoms with Crippen LogP contribution >= 0.6 is 23.1 Å². The van der Waals surface area contributed by atoms with Gasteiger partial charge in [0.1, 0.15) is 11.4 Å². The number of amides is 2. The fourth-order valence-electron chi connectivity index (χ4n) is 2.59. The van der Waals surface area contributed by atoms with E-state index in [2.05, 4.69) is 10.3 Å². The first-order valence-corrected chi connectivity index (χ1v) is 8.83. The Morgan fingerprint density at radius 1 is 1.52 bits per heavy atom. The molecule has 4 N–H and O–H groups in total. The zero-order valence-corrected chi connectivity index (χ0v) is 16.9. The third kappa shape index (κ3) is 3.86. The minimum absolute atomic E-state index is 0. The molecule has 3 heterocycles. The fourth-order valence-corrected chi connectivity index (χ4v) is 4.48. The van der Waals surface area contributed by atoms with Crippen molar-refractivity contribution < 1.29 is 54.2 Å². The molecular weight excluding hydrogens is 379 g/mol. The summed E-state index contributed by atoms with van der Waals surface area (Å²) in [5, 5.41) is 24.5. The van der Waals surface area contributed by atoms with Crippen LogP contribution in [0.1, 0.15) is 5.69 Å². The average Bonchev–Trinajstić information content (AvgIpc) is 2.95. The molecule has 25 heavy (non-hydrogen) atoms. The normalized spacial score (nSPS) is 22.0.